The summed E-state index contributed by atoms with van der Waals surface area (Å²) in [5, 5.41) is 12.5. The first-order chi connectivity index (χ1) is 9.18. The van der Waals surface area contributed by atoms with Crippen molar-refractivity contribution in [1.29, 1.82) is 0 Å². The van der Waals surface area contributed by atoms with E-state index < -0.39 is 12.0 Å². The van der Waals surface area contributed by atoms with Gasteiger partial charge in [0, 0.05) is 19.6 Å². The van der Waals surface area contributed by atoms with E-state index in [1.807, 2.05) is 0 Å². The topological polar surface area (TPSA) is 72.9 Å². The van der Waals surface area contributed by atoms with Crippen LogP contribution in [0.3, 0.4) is 0 Å². The Morgan fingerprint density at radius 2 is 1.95 bits per heavy atom. The molecule has 6 nitrogen and oxygen atoms in total. The summed E-state index contributed by atoms with van der Waals surface area (Å²) in [6.45, 7) is 4.59. The van der Waals surface area contributed by atoms with Crippen molar-refractivity contribution < 1.29 is 14.7 Å². The number of hydrogen-bond acceptors (Lipinski definition) is 4. The quantitative estimate of drug-likeness (QED) is 0.739. The minimum atomic E-state index is -0.870. The monoisotopic (exact) mass is 269 g/mol. The van der Waals surface area contributed by atoms with E-state index in [-0.39, 0.29) is 5.91 Å². The lowest BCUT2D eigenvalue weighted by Crippen LogP contribution is -2.51. The second-order valence-corrected chi connectivity index (χ2v) is 5.32. The summed E-state index contributed by atoms with van der Waals surface area (Å²) < 4.78 is 0. The second-order valence-electron chi connectivity index (χ2n) is 5.32. The maximum absolute atomic E-state index is 12.3. The predicted molar refractivity (Wildman–Crippen MR) is 70.9 cm³/mol. The molecule has 0 radical (unpaired) electrons. The van der Waals surface area contributed by atoms with Gasteiger partial charge in [0.05, 0.1) is 6.54 Å². The van der Waals surface area contributed by atoms with E-state index in [0.29, 0.717) is 19.5 Å². The van der Waals surface area contributed by atoms with Crippen LogP contribution in [0.25, 0.3) is 0 Å². The van der Waals surface area contributed by atoms with Gasteiger partial charge in [0.1, 0.15) is 6.04 Å². The summed E-state index contributed by atoms with van der Waals surface area (Å²) in [4.78, 5) is 27.2. The van der Waals surface area contributed by atoms with Gasteiger partial charge in [0.25, 0.3) is 0 Å². The number of nitrogens with one attached hydrogen (secondary N) is 1. The molecule has 2 fully saturated rings. The third-order valence-electron chi connectivity index (χ3n) is 3.90. The van der Waals surface area contributed by atoms with Gasteiger partial charge in [0.15, 0.2) is 0 Å². The first-order valence-corrected chi connectivity index (χ1v) is 7.14. The molecule has 2 rings (SSSR count). The van der Waals surface area contributed by atoms with Gasteiger partial charge in [-0.05, 0) is 38.8 Å². The molecule has 0 bridgehead atoms. The van der Waals surface area contributed by atoms with Crippen molar-refractivity contribution in [1.82, 2.24) is 15.1 Å². The van der Waals surface area contributed by atoms with Gasteiger partial charge < -0.3 is 15.3 Å². The number of piperidine rings is 1. The molecule has 2 aliphatic rings. The molecule has 2 saturated heterocycles. The summed E-state index contributed by atoms with van der Waals surface area (Å²) in [5.74, 6) is -0.903. The molecule has 108 valence electrons. The Kier molecular flexibility index (Phi) is 5.15. The van der Waals surface area contributed by atoms with Crippen LogP contribution in [0.1, 0.15) is 25.7 Å². The van der Waals surface area contributed by atoms with Gasteiger partial charge >= 0.3 is 5.97 Å². The molecule has 2 heterocycles. The van der Waals surface area contributed by atoms with Crippen LogP contribution in [0.5, 0.6) is 0 Å². The van der Waals surface area contributed by atoms with E-state index in [4.69, 9.17) is 0 Å². The third-order valence-corrected chi connectivity index (χ3v) is 3.90. The molecule has 0 aromatic carbocycles. The molecule has 1 amide bonds. The lowest BCUT2D eigenvalue weighted by atomic mass is 10.0. The Balaban J connectivity index is 1.91. The molecule has 6 heteroatoms. The number of carboxylic acids is 1. The van der Waals surface area contributed by atoms with Crippen molar-refractivity contribution in [3.8, 4) is 0 Å². The number of nitrogens with zero attached hydrogens (tertiary/aromatic N) is 2. The predicted octanol–water partition coefficient (Wildman–Crippen LogP) is -0.253. The molecule has 0 spiro atoms. The zero-order chi connectivity index (χ0) is 13.7. The van der Waals surface area contributed by atoms with E-state index in [9.17, 15) is 14.7 Å². The summed E-state index contributed by atoms with van der Waals surface area (Å²) in [7, 11) is 0. The normalized spacial score (nSPS) is 25.9. The molecule has 0 aromatic heterocycles. The lowest BCUT2D eigenvalue weighted by molar-refractivity contribution is -0.152. The van der Waals surface area contributed by atoms with Crippen molar-refractivity contribution in [3.05, 3.63) is 0 Å². The first-order valence-electron chi connectivity index (χ1n) is 7.14. The van der Waals surface area contributed by atoms with Crippen molar-refractivity contribution in [2.45, 2.75) is 31.7 Å². The molecule has 0 aromatic rings. The number of rotatable bonds is 3. The fourth-order valence-electron chi connectivity index (χ4n) is 2.83. The summed E-state index contributed by atoms with van der Waals surface area (Å²) in [6.07, 6.45) is 3.43. The van der Waals surface area contributed by atoms with E-state index in [0.717, 1.165) is 45.4 Å². The molecule has 19 heavy (non-hydrogen) atoms. The number of hydrogen-bond donors (Lipinski definition) is 2. The van der Waals surface area contributed by atoms with Crippen LogP contribution in [0.2, 0.25) is 0 Å². The van der Waals surface area contributed by atoms with Gasteiger partial charge in [-0.15, -0.1) is 0 Å². The van der Waals surface area contributed by atoms with Crippen LogP contribution in [0, 0.1) is 0 Å². The molecule has 0 unspecified atom stereocenters. The van der Waals surface area contributed by atoms with Crippen LogP contribution in [-0.4, -0.2) is 72.1 Å². The molecule has 0 saturated carbocycles. The number of carbonyl (C=O) groups excluding carboxylic acids is 1. The van der Waals surface area contributed by atoms with Gasteiger partial charge in [-0.2, -0.15) is 0 Å². The number of carboxylic acid groups (broad SMARTS) is 1. The average molecular weight is 269 g/mol. The van der Waals surface area contributed by atoms with Crippen molar-refractivity contribution in [2.75, 3.05) is 39.3 Å². The van der Waals surface area contributed by atoms with Gasteiger partial charge in [-0.3, -0.25) is 9.69 Å². The highest BCUT2D eigenvalue weighted by molar-refractivity contribution is 5.85. The van der Waals surface area contributed by atoms with Gasteiger partial charge in [-0.25, -0.2) is 4.79 Å². The minimum Gasteiger partial charge on any atom is -0.480 e. The zero-order valence-corrected chi connectivity index (χ0v) is 11.3. The molecule has 0 aliphatic carbocycles. The van der Waals surface area contributed by atoms with Crippen molar-refractivity contribution in [2.24, 2.45) is 0 Å². The highest BCUT2D eigenvalue weighted by Gasteiger charge is 2.32. The van der Waals surface area contributed by atoms with Gasteiger partial charge in [0.2, 0.25) is 5.91 Å². The van der Waals surface area contributed by atoms with Crippen LogP contribution in [0.15, 0.2) is 0 Å². The molecule has 2 aliphatic heterocycles. The van der Waals surface area contributed by atoms with E-state index in [1.165, 1.54) is 0 Å². The number of amides is 1. The second kappa shape index (κ2) is 6.86. The smallest absolute Gasteiger partial charge is 0.326 e. The van der Waals surface area contributed by atoms with Crippen LogP contribution in [0.4, 0.5) is 0 Å². The summed E-state index contributed by atoms with van der Waals surface area (Å²) >= 11 is 0. The molecular formula is C13H23N3O3. The standard InChI is InChI=1S/C13H23N3O3/c17-12(10-15-7-3-5-14-6-9-15)16-8-2-1-4-11(16)13(18)19/h11,14H,1-10H2,(H,18,19)/t11-/m0/s1. The maximum Gasteiger partial charge on any atom is 0.326 e. The van der Waals surface area contributed by atoms with Crippen molar-refractivity contribution >= 4 is 11.9 Å². The molecule has 1 atom stereocenters. The average Bonchev–Trinajstić information content (AvgIpc) is 2.67. The Morgan fingerprint density at radius 3 is 2.74 bits per heavy atom. The lowest BCUT2D eigenvalue weighted by Gasteiger charge is -2.34. The van der Waals surface area contributed by atoms with E-state index >= 15 is 0 Å². The van der Waals surface area contributed by atoms with Crippen molar-refractivity contribution in [3.63, 3.8) is 0 Å². The fourth-order valence-corrected chi connectivity index (χ4v) is 2.83. The highest BCUT2D eigenvalue weighted by atomic mass is 16.4. The van der Waals surface area contributed by atoms with Crippen LogP contribution < -0.4 is 5.32 Å². The third kappa shape index (κ3) is 3.91. The van der Waals surface area contributed by atoms with E-state index in [1.54, 1.807) is 4.90 Å². The largest absolute Gasteiger partial charge is 0.480 e. The molecular weight excluding hydrogens is 246 g/mol. The Hall–Kier alpha value is -1.14. The van der Waals surface area contributed by atoms with Gasteiger partial charge in [-0.1, -0.05) is 0 Å². The Bertz CT molecular complexity index is 327. The Labute approximate surface area is 113 Å². The van der Waals surface area contributed by atoms with Crippen LogP contribution in [-0.2, 0) is 9.59 Å². The molecule has 2 N–H and O–H groups in total. The van der Waals surface area contributed by atoms with Crippen LogP contribution >= 0.6 is 0 Å². The number of carbonyl (C=O) groups is 2. The fraction of sp³-hybridized carbons (Fsp3) is 0.846. The maximum atomic E-state index is 12.3. The first kappa shape index (κ1) is 14.3. The summed E-state index contributed by atoms with van der Waals surface area (Å²) in [5.41, 5.74) is 0. The highest BCUT2D eigenvalue weighted by Crippen LogP contribution is 2.17. The number of aliphatic carboxylic acids is 1. The van der Waals surface area contributed by atoms with E-state index in [2.05, 4.69) is 10.2 Å². The minimum absolute atomic E-state index is 0.0333. The number of likely N-dealkylation sites (tertiary alicyclic amines) is 1. The zero-order valence-electron chi connectivity index (χ0n) is 11.3. The SMILES string of the molecule is O=C(O)[C@@H]1CCCCN1C(=O)CN1CCCNCC1. The Morgan fingerprint density at radius 1 is 1.11 bits per heavy atom. The summed E-state index contributed by atoms with van der Waals surface area (Å²) in [6, 6.07) is -0.619.